The Morgan fingerprint density at radius 1 is 1.35 bits per heavy atom. The van der Waals surface area contributed by atoms with Crippen LogP contribution in [0, 0.1) is 0 Å². The Hall–Kier alpha value is -1.83. The zero-order chi connectivity index (χ0) is 18.1. The summed E-state index contributed by atoms with van der Waals surface area (Å²) in [5, 5.41) is 14.8. The molecule has 1 N–H and O–H groups in total. The second-order valence-corrected chi connectivity index (χ2v) is 8.84. The van der Waals surface area contributed by atoms with Crippen molar-refractivity contribution in [1.82, 2.24) is 14.8 Å². The van der Waals surface area contributed by atoms with Crippen LogP contribution < -0.4 is 5.32 Å². The van der Waals surface area contributed by atoms with Crippen molar-refractivity contribution in [1.29, 1.82) is 0 Å². The number of halogens is 1. The van der Waals surface area contributed by atoms with Gasteiger partial charge in [-0.15, -0.1) is 21.5 Å². The molecule has 4 rings (SSSR count). The largest absolute Gasteiger partial charge is 0.325 e. The summed E-state index contributed by atoms with van der Waals surface area (Å²) < 4.78 is 2.18. The van der Waals surface area contributed by atoms with E-state index < -0.39 is 0 Å². The van der Waals surface area contributed by atoms with Crippen molar-refractivity contribution >= 4 is 46.3 Å². The molecule has 8 heteroatoms. The molecule has 134 valence electrons. The number of anilines is 1. The second-order valence-electron chi connectivity index (χ2n) is 6.14. The van der Waals surface area contributed by atoms with Gasteiger partial charge in [0.1, 0.15) is 0 Å². The molecule has 3 aromatic rings. The number of carbonyl (C=O) groups is 1. The lowest BCUT2D eigenvalue weighted by atomic mass is 10.3. The first-order valence-electron chi connectivity index (χ1n) is 8.33. The van der Waals surface area contributed by atoms with Crippen LogP contribution in [0.15, 0.2) is 46.9 Å². The number of hydrogen-bond acceptors (Lipinski definition) is 5. The summed E-state index contributed by atoms with van der Waals surface area (Å²) in [6.07, 6.45) is 2.26. The Morgan fingerprint density at radius 2 is 2.19 bits per heavy atom. The first-order chi connectivity index (χ1) is 12.6. The molecule has 0 radical (unpaired) electrons. The Kier molecular flexibility index (Phi) is 5.02. The fourth-order valence-corrected chi connectivity index (χ4v) is 4.43. The van der Waals surface area contributed by atoms with Gasteiger partial charge in [-0.1, -0.05) is 35.5 Å². The smallest absolute Gasteiger partial charge is 0.237 e. The van der Waals surface area contributed by atoms with E-state index in [0.29, 0.717) is 16.8 Å². The average Bonchev–Trinajstić information content (AvgIpc) is 3.14. The average molecular weight is 405 g/mol. The summed E-state index contributed by atoms with van der Waals surface area (Å²) in [7, 11) is 0. The first kappa shape index (κ1) is 17.6. The number of thiophene rings is 1. The van der Waals surface area contributed by atoms with Crippen molar-refractivity contribution in [3.63, 3.8) is 0 Å². The molecular weight excluding hydrogens is 388 g/mol. The Balaban J connectivity index is 1.51. The van der Waals surface area contributed by atoms with Crippen LogP contribution in [0.2, 0.25) is 5.02 Å². The number of thioether (sulfide) groups is 1. The van der Waals surface area contributed by atoms with E-state index in [1.54, 1.807) is 23.5 Å². The Morgan fingerprint density at radius 3 is 2.88 bits per heavy atom. The molecule has 1 fully saturated rings. The Bertz CT molecular complexity index is 921. The highest BCUT2D eigenvalue weighted by Gasteiger charge is 2.31. The SMILES string of the molecule is C[C@@H](Sc1nnc(-c2cccs2)n1C1CC1)C(=O)Nc1cccc(Cl)c1. The summed E-state index contributed by atoms with van der Waals surface area (Å²) in [6, 6.07) is 11.7. The Labute approximate surface area is 164 Å². The number of carbonyl (C=O) groups excluding carboxylic acids is 1. The van der Waals surface area contributed by atoms with Gasteiger partial charge in [0.05, 0.1) is 10.1 Å². The van der Waals surface area contributed by atoms with E-state index in [2.05, 4.69) is 26.1 Å². The van der Waals surface area contributed by atoms with Crippen LogP contribution >= 0.6 is 34.7 Å². The standard InChI is InChI=1S/C18H17ClN4OS2/c1-11(17(24)20-13-5-2-4-12(19)10-13)26-18-22-21-16(15-6-3-9-25-15)23(18)14-7-8-14/h2-6,9-11,14H,7-8H2,1H3,(H,20,24)/t11-/m1/s1. The maximum absolute atomic E-state index is 12.5. The van der Waals surface area contributed by atoms with Gasteiger partial charge in [0.25, 0.3) is 0 Å². The molecule has 1 saturated carbocycles. The van der Waals surface area contributed by atoms with Gasteiger partial charge in [0.2, 0.25) is 5.91 Å². The molecule has 0 aliphatic heterocycles. The first-order valence-corrected chi connectivity index (χ1v) is 10.5. The maximum atomic E-state index is 12.5. The molecular formula is C18H17ClN4OS2. The molecule has 1 atom stereocenters. The fourth-order valence-electron chi connectivity index (χ4n) is 2.61. The topological polar surface area (TPSA) is 59.8 Å². The van der Waals surface area contributed by atoms with Gasteiger partial charge in [0, 0.05) is 16.8 Å². The van der Waals surface area contributed by atoms with E-state index >= 15 is 0 Å². The molecule has 1 aliphatic rings. The fraction of sp³-hybridized carbons (Fsp3) is 0.278. The normalized spacial score (nSPS) is 15.0. The summed E-state index contributed by atoms with van der Waals surface area (Å²) in [4.78, 5) is 13.6. The number of hydrogen-bond donors (Lipinski definition) is 1. The van der Waals surface area contributed by atoms with Crippen LogP contribution in [-0.2, 0) is 4.79 Å². The zero-order valence-corrected chi connectivity index (χ0v) is 16.4. The minimum Gasteiger partial charge on any atom is -0.325 e. The molecule has 26 heavy (non-hydrogen) atoms. The van der Waals surface area contributed by atoms with E-state index in [0.717, 1.165) is 28.7 Å². The number of nitrogens with zero attached hydrogens (tertiary/aromatic N) is 3. The van der Waals surface area contributed by atoms with Crippen LogP contribution in [0.5, 0.6) is 0 Å². The highest BCUT2D eigenvalue weighted by molar-refractivity contribution is 8.00. The third-order valence-corrected chi connectivity index (χ3v) is 6.22. The third kappa shape index (κ3) is 3.79. The molecule has 2 aromatic heterocycles. The molecule has 0 saturated heterocycles. The van der Waals surface area contributed by atoms with E-state index in [4.69, 9.17) is 11.6 Å². The predicted octanol–water partition coefficient (Wildman–Crippen LogP) is 5.11. The van der Waals surface area contributed by atoms with E-state index in [1.165, 1.54) is 11.8 Å². The van der Waals surface area contributed by atoms with Crippen molar-refractivity contribution < 1.29 is 4.79 Å². The van der Waals surface area contributed by atoms with Crippen molar-refractivity contribution in [3.8, 4) is 10.7 Å². The van der Waals surface area contributed by atoms with Crippen molar-refractivity contribution in [3.05, 3.63) is 46.8 Å². The lowest BCUT2D eigenvalue weighted by Gasteiger charge is -2.13. The third-order valence-electron chi connectivity index (χ3n) is 4.06. The lowest BCUT2D eigenvalue weighted by Crippen LogP contribution is -2.22. The molecule has 0 unspecified atom stereocenters. The summed E-state index contributed by atoms with van der Waals surface area (Å²) in [5.74, 6) is 0.813. The molecule has 1 aliphatic carbocycles. The lowest BCUT2D eigenvalue weighted by molar-refractivity contribution is -0.115. The van der Waals surface area contributed by atoms with Gasteiger partial charge < -0.3 is 5.32 Å². The molecule has 1 amide bonds. The van der Waals surface area contributed by atoms with Gasteiger partial charge in [-0.3, -0.25) is 9.36 Å². The minimum absolute atomic E-state index is 0.0831. The van der Waals surface area contributed by atoms with Crippen LogP contribution in [0.3, 0.4) is 0 Å². The summed E-state index contributed by atoms with van der Waals surface area (Å²) in [6.45, 7) is 1.88. The highest BCUT2D eigenvalue weighted by Crippen LogP contribution is 2.42. The van der Waals surface area contributed by atoms with Gasteiger partial charge in [-0.25, -0.2) is 0 Å². The van der Waals surface area contributed by atoms with E-state index in [-0.39, 0.29) is 11.2 Å². The number of benzene rings is 1. The van der Waals surface area contributed by atoms with Crippen molar-refractivity contribution in [2.45, 2.75) is 36.2 Å². The predicted molar refractivity (Wildman–Crippen MR) is 107 cm³/mol. The van der Waals surface area contributed by atoms with Crippen LogP contribution in [0.4, 0.5) is 5.69 Å². The van der Waals surface area contributed by atoms with Crippen LogP contribution in [0.25, 0.3) is 10.7 Å². The van der Waals surface area contributed by atoms with Crippen LogP contribution in [0.1, 0.15) is 25.8 Å². The minimum atomic E-state index is -0.299. The molecule has 5 nitrogen and oxygen atoms in total. The molecule has 1 aromatic carbocycles. The van der Waals surface area contributed by atoms with Gasteiger partial charge >= 0.3 is 0 Å². The molecule has 0 bridgehead atoms. The maximum Gasteiger partial charge on any atom is 0.237 e. The molecule has 0 spiro atoms. The summed E-state index contributed by atoms with van der Waals surface area (Å²) in [5.41, 5.74) is 0.692. The highest BCUT2D eigenvalue weighted by atomic mass is 35.5. The van der Waals surface area contributed by atoms with Crippen molar-refractivity contribution in [2.75, 3.05) is 5.32 Å². The quantitative estimate of drug-likeness (QED) is 0.579. The zero-order valence-electron chi connectivity index (χ0n) is 14.1. The van der Waals surface area contributed by atoms with Gasteiger partial charge in [-0.05, 0) is 49.4 Å². The van der Waals surface area contributed by atoms with E-state index in [9.17, 15) is 4.79 Å². The van der Waals surface area contributed by atoms with E-state index in [1.807, 2.05) is 30.5 Å². The number of nitrogens with one attached hydrogen (secondary N) is 1. The van der Waals surface area contributed by atoms with Crippen LogP contribution in [-0.4, -0.2) is 25.9 Å². The monoisotopic (exact) mass is 404 g/mol. The second kappa shape index (κ2) is 7.42. The number of rotatable bonds is 6. The van der Waals surface area contributed by atoms with Gasteiger partial charge in [-0.2, -0.15) is 0 Å². The van der Waals surface area contributed by atoms with Crippen molar-refractivity contribution in [2.24, 2.45) is 0 Å². The number of amides is 1. The summed E-state index contributed by atoms with van der Waals surface area (Å²) >= 11 is 9.06. The number of aromatic nitrogens is 3. The van der Waals surface area contributed by atoms with Gasteiger partial charge in [0.15, 0.2) is 11.0 Å². The molecule has 2 heterocycles.